The van der Waals surface area contributed by atoms with Crippen molar-refractivity contribution < 1.29 is 31.2 Å². The highest BCUT2D eigenvalue weighted by Crippen LogP contribution is 1.93. The smallest absolute Gasteiger partial charge is 0.217 e. The fourth-order valence-corrected chi connectivity index (χ4v) is 1.18. The Morgan fingerprint density at radius 2 is 1.33 bits per heavy atom. The van der Waals surface area contributed by atoms with Gasteiger partial charge in [-0.15, -0.1) is 0 Å². The summed E-state index contributed by atoms with van der Waals surface area (Å²) in [6.45, 7) is 6.08. The van der Waals surface area contributed by atoms with Crippen molar-refractivity contribution in [3.8, 4) is 0 Å². The van der Waals surface area contributed by atoms with Gasteiger partial charge in [0.05, 0.1) is 47.4 Å². The second-order valence-electron chi connectivity index (χ2n) is 4.92. The number of hydrogen-bond donors (Lipinski definition) is 2. The largest absolute Gasteiger partial charge is 0.726 e. The summed E-state index contributed by atoms with van der Waals surface area (Å²) in [5.41, 5.74) is 0. The van der Waals surface area contributed by atoms with Crippen LogP contribution in [0.25, 0.3) is 0 Å². The average Bonchev–Trinajstić information content (AvgIpc) is 2.27. The number of likely N-dealkylation sites (N-methyl/N-ethyl adjacent to an activating group) is 1. The van der Waals surface area contributed by atoms with Gasteiger partial charge in [-0.25, -0.2) is 8.42 Å². The van der Waals surface area contributed by atoms with Crippen LogP contribution in [0.5, 0.6) is 0 Å². The van der Waals surface area contributed by atoms with Crippen LogP contribution in [-0.2, 0) is 24.2 Å². The molecule has 0 spiro atoms. The van der Waals surface area contributed by atoms with Crippen LogP contribution in [0.1, 0.15) is 13.8 Å². The average molecular weight is 327 g/mol. The van der Waals surface area contributed by atoms with E-state index in [1.54, 1.807) is 0 Å². The molecule has 0 fully saturated rings. The van der Waals surface area contributed by atoms with Crippen molar-refractivity contribution in [3.05, 3.63) is 0 Å². The third-order valence-corrected chi connectivity index (χ3v) is 2.79. The molecule has 0 aliphatic heterocycles. The van der Waals surface area contributed by atoms with E-state index in [0.29, 0.717) is 13.1 Å². The van der Waals surface area contributed by atoms with E-state index in [4.69, 9.17) is 0 Å². The first-order valence-electron chi connectivity index (χ1n) is 6.22. The van der Waals surface area contributed by atoms with E-state index >= 15 is 0 Å². The summed E-state index contributed by atoms with van der Waals surface area (Å²) in [6.07, 6.45) is 0. The fraction of sp³-hybridized carbons (Fsp3) is 0.818. The van der Waals surface area contributed by atoms with Crippen LogP contribution in [0, 0.1) is 0 Å². The zero-order valence-corrected chi connectivity index (χ0v) is 13.9. The van der Waals surface area contributed by atoms with Crippen molar-refractivity contribution in [1.82, 2.24) is 10.6 Å². The molecule has 0 atom stereocenters. The maximum Gasteiger partial charge on any atom is 0.217 e. The summed E-state index contributed by atoms with van der Waals surface area (Å²) in [6, 6.07) is 0. The highest BCUT2D eigenvalue weighted by atomic mass is 32.3. The molecular formula is C11H25N3O6S. The fourth-order valence-electron chi connectivity index (χ4n) is 1.18. The predicted octanol–water partition coefficient (Wildman–Crippen LogP) is -1.57. The van der Waals surface area contributed by atoms with Gasteiger partial charge in [-0.3, -0.25) is 13.8 Å². The Bertz CT molecular complexity index is 400. The lowest BCUT2D eigenvalue weighted by Crippen LogP contribution is -2.48. The minimum atomic E-state index is -4.41. The van der Waals surface area contributed by atoms with Crippen molar-refractivity contribution in [2.45, 2.75) is 13.8 Å². The van der Waals surface area contributed by atoms with Gasteiger partial charge in [0.25, 0.3) is 0 Å². The van der Waals surface area contributed by atoms with E-state index in [9.17, 15) is 22.6 Å². The van der Waals surface area contributed by atoms with Crippen LogP contribution in [0.15, 0.2) is 0 Å². The SMILES string of the molecule is CC(=O)NCC[N+](C)(C)CCNC(C)=O.COS(=O)(=O)[O-]. The van der Waals surface area contributed by atoms with Gasteiger partial charge in [-0.05, 0) is 0 Å². The van der Waals surface area contributed by atoms with E-state index in [-0.39, 0.29) is 11.8 Å². The molecule has 0 aliphatic rings. The molecule has 0 saturated heterocycles. The summed E-state index contributed by atoms with van der Waals surface area (Å²) in [5.74, 6) is -0.00581. The summed E-state index contributed by atoms with van der Waals surface area (Å²) < 4.78 is 31.8. The minimum absolute atomic E-state index is 0.00291. The van der Waals surface area contributed by atoms with Crippen molar-refractivity contribution in [2.24, 2.45) is 0 Å². The lowest BCUT2D eigenvalue weighted by Gasteiger charge is -2.29. The third-order valence-electron chi connectivity index (χ3n) is 2.39. The molecule has 0 bridgehead atoms. The quantitative estimate of drug-likeness (QED) is 0.331. The molecule has 0 aromatic rings. The number of carbonyl (C=O) groups excluding carboxylic acids is 2. The van der Waals surface area contributed by atoms with Gasteiger partial charge < -0.3 is 19.7 Å². The van der Waals surface area contributed by atoms with Crippen LogP contribution in [0.3, 0.4) is 0 Å². The number of nitrogens with zero attached hydrogens (tertiary/aromatic N) is 1. The molecular weight excluding hydrogens is 302 g/mol. The minimum Gasteiger partial charge on any atom is -0.726 e. The van der Waals surface area contributed by atoms with Gasteiger partial charge in [-0.2, -0.15) is 0 Å². The number of amides is 2. The third kappa shape index (κ3) is 21.2. The maximum atomic E-state index is 10.7. The molecule has 0 heterocycles. The number of hydrogen-bond acceptors (Lipinski definition) is 6. The van der Waals surface area contributed by atoms with Gasteiger partial charge in [0, 0.05) is 13.8 Å². The van der Waals surface area contributed by atoms with Gasteiger partial charge in [-0.1, -0.05) is 0 Å². The molecule has 0 aliphatic carbocycles. The van der Waals surface area contributed by atoms with Gasteiger partial charge in [0.2, 0.25) is 22.2 Å². The Morgan fingerprint density at radius 1 is 1.05 bits per heavy atom. The van der Waals surface area contributed by atoms with Crippen LogP contribution in [0.4, 0.5) is 0 Å². The van der Waals surface area contributed by atoms with Gasteiger partial charge in [0.15, 0.2) is 0 Å². The molecule has 0 aromatic carbocycles. The lowest BCUT2D eigenvalue weighted by atomic mass is 10.4. The number of quaternary nitrogens is 1. The predicted molar refractivity (Wildman–Crippen MR) is 75.9 cm³/mol. The van der Waals surface area contributed by atoms with Crippen LogP contribution in [-0.4, -0.2) is 76.7 Å². The maximum absolute atomic E-state index is 10.7. The summed E-state index contributed by atoms with van der Waals surface area (Å²) >= 11 is 0. The van der Waals surface area contributed by atoms with Crippen molar-refractivity contribution in [3.63, 3.8) is 0 Å². The monoisotopic (exact) mass is 327 g/mol. The highest BCUT2D eigenvalue weighted by Gasteiger charge is 2.14. The zero-order valence-electron chi connectivity index (χ0n) is 13.1. The molecule has 2 N–H and O–H groups in total. The Hall–Kier alpha value is -1.23. The molecule has 0 radical (unpaired) electrons. The first-order valence-corrected chi connectivity index (χ1v) is 7.55. The Morgan fingerprint density at radius 3 is 1.52 bits per heavy atom. The van der Waals surface area contributed by atoms with Crippen LogP contribution >= 0.6 is 0 Å². The second-order valence-corrected chi connectivity index (χ2v) is 6.07. The number of nitrogens with one attached hydrogen (secondary N) is 2. The molecule has 2 amide bonds. The lowest BCUT2D eigenvalue weighted by molar-refractivity contribution is -0.887. The normalized spacial score (nSPS) is 11.1. The number of carbonyl (C=O) groups is 2. The summed E-state index contributed by atoms with van der Waals surface area (Å²) in [5, 5.41) is 5.52. The molecule has 9 nitrogen and oxygen atoms in total. The zero-order chi connectivity index (χ0) is 17.1. The topological polar surface area (TPSA) is 125 Å². The van der Waals surface area contributed by atoms with Crippen molar-refractivity contribution >= 4 is 22.2 Å². The Kier molecular flexibility index (Phi) is 11.0. The summed E-state index contributed by atoms with van der Waals surface area (Å²) in [7, 11) is 0.542. The van der Waals surface area contributed by atoms with Crippen molar-refractivity contribution in [2.75, 3.05) is 47.4 Å². The molecule has 21 heavy (non-hydrogen) atoms. The molecule has 10 heteroatoms. The second kappa shape index (κ2) is 10.5. The van der Waals surface area contributed by atoms with Crippen LogP contribution in [0.2, 0.25) is 0 Å². The standard InChI is InChI=1S/C10H21N3O2.CH4O4S/c1-9(14)11-5-7-13(3,4)8-6-12-10(2)15;1-5-6(2,3)4/h5-8H2,1-4H3,(H-,11,12,14,15);1H3,(H,2,3,4). The van der Waals surface area contributed by atoms with Crippen LogP contribution < -0.4 is 10.6 Å². The molecule has 0 rings (SSSR count). The first kappa shape index (κ1) is 22.1. The van der Waals surface area contributed by atoms with Crippen molar-refractivity contribution in [1.29, 1.82) is 0 Å². The van der Waals surface area contributed by atoms with E-state index < -0.39 is 10.4 Å². The first-order chi connectivity index (χ1) is 9.39. The summed E-state index contributed by atoms with van der Waals surface area (Å²) in [4.78, 5) is 21.3. The van der Waals surface area contributed by atoms with E-state index in [2.05, 4.69) is 28.9 Å². The van der Waals surface area contributed by atoms with Gasteiger partial charge in [0.1, 0.15) is 0 Å². The molecule has 0 aromatic heterocycles. The van der Waals surface area contributed by atoms with E-state index in [0.717, 1.165) is 24.7 Å². The number of rotatable bonds is 7. The highest BCUT2D eigenvalue weighted by molar-refractivity contribution is 7.80. The molecule has 0 saturated carbocycles. The Balaban J connectivity index is 0. The molecule has 126 valence electrons. The van der Waals surface area contributed by atoms with E-state index in [1.165, 1.54) is 13.8 Å². The Labute approximate surface area is 126 Å². The van der Waals surface area contributed by atoms with Gasteiger partial charge >= 0.3 is 0 Å². The van der Waals surface area contributed by atoms with E-state index in [1.807, 2.05) is 0 Å². The molecule has 0 unspecified atom stereocenters.